The van der Waals surface area contributed by atoms with Gasteiger partial charge in [0.05, 0.1) is 6.61 Å². The number of nitrogens with one attached hydrogen (secondary N) is 1. The minimum absolute atomic E-state index is 0.443. The van der Waals surface area contributed by atoms with Gasteiger partial charge in [0.25, 0.3) is 0 Å². The number of methoxy groups -OCH3 is 1. The molecule has 1 N–H and O–H groups in total. The molecule has 1 aliphatic carbocycles. The van der Waals surface area contributed by atoms with Crippen molar-refractivity contribution in [2.24, 2.45) is 5.92 Å². The monoisotopic (exact) mass is 253 g/mol. The Morgan fingerprint density at radius 3 is 3.00 bits per heavy atom. The number of hydrogen-bond donors (Lipinski definition) is 1. The van der Waals surface area contributed by atoms with E-state index in [1.807, 2.05) is 11.3 Å². The SMILES string of the molecule is CCc1ccc(C2(C)CC2CNCCOC)s1. The molecule has 17 heavy (non-hydrogen) atoms. The van der Waals surface area contributed by atoms with E-state index in [2.05, 4.69) is 31.3 Å². The number of rotatable bonds is 7. The fraction of sp³-hybridized carbons (Fsp3) is 0.714. The van der Waals surface area contributed by atoms with Gasteiger partial charge in [0.2, 0.25) is 0 Å². The first-order valence-electron chi connectivity index (χ1n) is 6.49. The van der Waals surface area contributed by atoms with E-state index in [0.29, 0.717) is 5.41 Å². The minimum atomic E-state index is 0.443. The maximum atomic E-state index is 5.04. The molecule has 0 aliphatic heterocycles. The van der Waals surface area contributed by atoms with Crippen LogP contribution in [0.2, 0.25) is 0 Å². The quantitative estimate of drug-likeness (QED) is 0.755. The van der Waals surface area contributed by atoms with Crippen LogP contribution in [0.25, 0.3) is 0 Å². The van der Waals surface area contributed by atoms with Crippen LogP contribution in [0.3, 0.4) is 0 Å². The van der Waals surface area contributed by atoms with E-state index in [1.54, 1.807) is 12.0 Å². The second-order valence-corrected chi connectivity index (χ2v) is 6.30. The molecule has 1 heterocycles. The van der Waals surface area contributed by atoms with Crippen LogP contribution in [0.15, 0.2) is 12.1 Å². The summed E-state index contributed by atoms with van der Waals surface area (Å²) in [4.78, 5) is 3.09. The van der Waals surface area contributed by atoms with E-state index < -0.39 is 0 Å². The van der Waals surface area contributed by atoms with Crippen molar-refractivity contribution < 1.29 is 4.74 Å². The van der Waals surface area contributed by atoms with Gasteiger partial charge in [-0.05, 0) is 37.4 Å². The molecule has 1 fully saturated rings. The predicted octanol–water partition coefficient (Wildman–Crippen LogP) is 2.82. The van der Waals surface area contributed by atoms with Gasteiger partial charge in [-0.25, -0.2) is 0 Å². The van der Waals surface area contributed by atoms with Gasteiger partial charge in [-0.3, -0.25) is 0 Å². The summed E-state index contributed by atoms with van der Waals surface area (Å²) in [7, 11) is 1.75. The molecule has 96 valence electrons. The lowest BCUT2D eigenvalue weighted by atomic mass is 10.0. The molecule has 1 saturated carbocycles. The molecule has 3 heteroatoms. The van der Waals surface area contributed by atoms with Crippen molar-refractivity contribution in [2.75, 3.05) is 26.8 Å². The van der Waals surface area contributed by atoms with Gasteiger partial charge >= 0.3 is 0 Å². The van der Waals surface area contributed by atoms with Gasteiger partial charge in [-0.2, -0.15) is 0 Å². The molecule has 2 unspecified atom stereocenters. The largest absolute Gasteiger partial charge is 0.383 e. The first kappa shape index (κ1) is 13.1. The summed E-state index contributed by atoms with van der Waals surface area (Å²) in [5.41, 5.74) is 0.443. The molecule has 1 aromatic rings. The molecule has 2 atom stereocenters. The molecule has 0 saturated heterocycles. The topological polar surface area (TPSA) is 21.3 Å². The van der Waals surface area contributed by atoms with Crippen molar-refractivity contribution >= 4 is 11.3 Å². The first-order chi connectivity index (χ1) is 8.20. The Morgan fingerprint density at radius 2 is 2.35 bits per heavy atom. The van der Waals surface area contributed by atoms with Crippen LogP contribution in [0.5, 0.6) is 0 Å². The standard InChI is InChI=1S/C14H23NOS/c1-4-12-5-6-13(17-12)14(2)9-11(14)10-15-7-8-16-3/h5-6,11,15H,4,7-10H2,1-3H3. The van der Waals surface area contributed by atoms with Gasteiger partial charge in [0, 0.05) is 28.8 Å². The Kier molecular flexibility index (Phi) is 4.23. The van der Waals surface area contributed by atoms with Crippen LogP contribution in [-0.2, 0) is 16.6 Å². The number of ether oxygens (including phenoxy) is 1. The Hall–Kier alpha value is -0.380. The van der Waals surface area contributed by atoms with E-state index in [9.17, 15) is 0 Å². The summed E-state index contributed by atoms with van der Waals surface area (Å²) in [6.07, 6.45) is 2.49. The zero-order valence-corrected chi connectivity index (χ0v) is 11.9. The van der Waals surface area contributed by atoms with Crippen molar-refractivity contribution in [3.63, 3.8) is 0 Å². The maximum Gasteiger partial charge on any atom is 0.0587 e. The smallest absolute Gasteiger partial charge is 0.0587 e. The van der Waals surface area contributed by atoms with Gasteiger partial charge in [-0.1, -0.05) is 13.8 Å². The van der Waals surface area contributed by atoms with Crippen molar-refractivity contribution in [1.82, 2.24) is 5.32 Å². The van der Waals surface area contributed by atoms with Gasteiger partial charge in [-0.15, -0.1) is 11.3 Å². The molecular formula is C14H23NOS. The zero-order valence-electron chi connectivity index (χ0n) is 11.1. The third-order valence-electron chi connectivity index (χ3n) is 3.86. The Balaban J connectivity index is 1.82. The predicted molar refractivity (Wildman–Crippen MR) is 73.9 cm³/mol. The summed E-state index contributed by atoms with van der Waals surface area (Å²) >= 11 is 2.00. The highest BCUT2D eigenvalue weighted by Crippen LogP contribution is 2.55. The maximum absolute atomic E-state index is 5.04. The number of aryl methyl sites for hydroxylation is 1. The van der Waals surface area contributed by atoms with Crippen molar-refractivity contribution in [3.8, 4) is 0 Å². The van der Waals surface area contributed by atoms with Crippen molar-refractivity contribution in [3.05, 3.63) is 21.9 Å². The lowest BCUT2D eigenvalue weighted by Gasteiger charge is -2.09. The van der Waals surface area contributed by atoms with E-state index in [1.165, 1.54) is 11.3 Å². The fourth-order valence-electron chi connectivity index (χ4n) is 2.38. The summed E-state index contributed by atoms with van der Waals surface area (Å²) < 4.78 is 5.04. The van der Waals surface area contributed by atoms with Crippen LogP contribution in [-0.4, -0.2) is 26.8 Å². The normalized spacial score (nSPS) is 27.4. The van der Waals surface area contributed by atoms with E-state index >= 15 is 0 Å². The van der Waals surface area contributed by atoms with Crippen LogP contribution in [0.1, 0.15) is 30.0 Å². The lowest BCUT2D eigenvalue weighted by Crippen LogP contribution is -2.23. The van der Waals surface area contributed by atoms with Crippen LogP contribution >= 0.6 is 11.3 Å². The zero-order chi connectivity index (χ0) is 12.3. The van der Waals surface area contributed by atoms with Gasteiger partial charge in [0.15, 0.2) is 0 Å². The van der Waals surface area contributed by atoms with Crippen molar-refractivity contribution in [1.29, 1.82) is 0 Å². The Morgan fingerprint density at radius 1 is 1.53 bits per heavy atom. The molecule has 2 nitrogen and oxygen atoms in total. The van der Waals surface area contributed by atoms with E-state index in [0.717, 1.165) is 32.0 Å². The van der Waals surface area contributed by atoms with Gasteiger partial charge in [0.1, 0.15) is 0 Å². The van der Waals surface area contributed by atoms with Gasteiger partial charge < -0.3 is 10.1 Å². The molecule has 0 radical (unpaired) electrons. The van der Waals surface area contributed by atoms with Crippen molar-refractivity contribution in [2.45, 2.75) is 32.1 Å². The summed E-state index contributed by atoms with van der Waals surface area (Å²) in [6.45, 7) is 7.53. The molecule has 1 aliphatic rings. The minimum Gasteiger partial charge on any atom is -0.383 e. The highest BCUT2D eigenvalue weighted by molar-refractivity contribution is 7.12. The summed E-state index contributed by atoms with van der Waals surface area (Å²) in [5, 5.41) is 3.47. The second-order valence-electron chi connectivity index (χ2n) is 5.13. The molecule has 0 spiro atoms. The average Bonchev–Trinajstić information content (AvgIpc) is 2.81. The number of thiophene rings is 1. The molecular weight excluding hydrogens is 230 g/mol. The third-order valence-corrected chi connectivity index (χ3v) is 5.37. The Bertz CT molecular complexity index is 363. The summed E-state index contributed by atoms with van der Waals surface area (Å²) in [5.74, 6) is 0.808. The first-order valence-corrected chi connectivity index (χ1v) is 7.31. The van der Waals surface area contributed by atoms with E-state index in [-0.39, 0.29) is 0 Å². The Labute approximate surface area is 108 Å². The highest BCUT2D eigenvalue weighted by atomic mass is 32.1. The van der Waals surface area contributed by atoms with Crippen LogP contribution in [0.4, 0.5) is 0 Å². The van der Waals surface area contributed by atoms with Crippen LogP contribution in [0, 0.1) is 5.92 Å². The second kappa shape index (κ2) is 5.51. The highest BCUT2D eigenvalue weighted by Gasteiger charge is 2.51. The number of hydrogen-bond acceptors (Lipinski definition) is 3. The molecule has 1 aromatic heterocycles. The summed E-state index contributed by atoms with van der Waals surface area (Å²) in [6, 6.07) is 4.62. The average molecular weight is 253 g/mol. The van der Waals surface area contributed by atoms with E-state index in [4.69, 9.17) is 4.74 Å². The molecule has 0 aromatic carbocycles. The third kappa shape index (κ3) is 2.90. The fourth-order valence-corrected chi connectivity index (χ4v) is 3.56. The van der Waals surface area contributed by atoms with Crippen LogP contribution < -0.4 is 5.32 Å². The molecule has 0 bridgehead atoms. The lowest BCUT2D eigenvalue weighted by molar-refractivity contribution is 0.199. The molecule has 2 rings (SSSR count). The molecule has 0 amide bonds.